The number of hydrogen-bond acceptors (Lipinski definition) is 5. The molecule has 2 heterocycles. The van der Waals surface area contributed by atoms with Crippen LogP contribution in [0.3, 0.4) is 0 Å². The van der Waals surface area contributed by atoms with E-state index in [4.69, 9.17) is 9.47 Å². The van der Waals surface area contributed by atoms with Gasteiger partial charge in [0.25, 0.3) is 0 Å². The van der Waals surface area contributed by atoms with Gasteiger partial charge in [-0.05, 0) is 38.3 Å². The molecule has 0 radical (unpaired) electrons. The molecule has 4 rings (SSSR count). The molecule has 0 spiro atoms. The minimum absolute atomic E-state index is 0.123. The molecular formula is C22H25N3O3S. The second kappa shape index (κ2) is 8.37. The van der Waals surface area contributed by atoms with Gasteiger partial charge in [0.2, 0.25) is 5.91 Å². The topological polar surface area (TPSA) is 65.4 Å². The van der Waals surface area contributed by atoms with E-state index >= 15 is 0 Å². The monoisotopic (exact) mass is 411 g/mol. The largest absolute Gasteiger partial charge is 0.492 e. The molecule has 1 aromatic heterocycles. The molecule has 1 amide bonds. The lowest BCUT2D eigenvalue weighted by Gasteiger charge is -2.14. The van der Waals surface area contributed by atoms with Gasteiger partial charge in [-0.15, -0.1) is 0 Å². The number of rotatable bonds is 7. The first kappa shape index (κ1) is 19.6. The van der Waals surface area contributed by atoms with Gasteiger partial charge in [-0.2, -0.15) is 11.8 Å². The van der Waals surface area contributed by atoms with Crippen molar-refractivity contribution in [3.05, 3.63) is 47.8 Å². The van der Waals surface area contributed by atoms with Crippen molar-refractivity contribution in [3.8, 4) is 11.5 Å². The highest BCUT2D eigenvalue weighted by Crippen LogP contribution is 2.38. The molecule has 1 aliphatic heterocycles. The Hall–Kier alpha value is -2.67. The van der Waals surface area contributed by atoms with Crippen molar-refractivity contribution in [2.75, 3.05) is 18.2 Å². The van der Waals surface area contributed by atoms with E-state index in [9.17, 15) is 4.79 Å². The molecule has 0 saturated heterocycles. The summed E-state index contributed by atoms with van der Waals surface area (Å²) < 4.78 is 13.6. The predicted molar refractivity (Wildman–Crippen MR) is 117 cm³/mol. The Morgan fingerprint density at radius 3 is 3.00 bits per heavy atom. The molecule has 1 atom stereocenters. The number of thioether (sulfide) groups is 1. The van der Waals surface area contributed by atoms with Crippen LogP contribution in [-0.4, -0.2) is 34.4 Å². The van der Waals surface area contributed by atoms with E-state index < -0.39 is 0 Å². The number of amides is 1. The SMILES string of the molecule is CCOc1cc2c(cc1NC(=O)Cn1c(CSC)nc3ccccc31)OC(C)C2. The summed E-state index contributed by atoms with van der Waals surface area (Å²) in [5.74, 6) is 3.01. The smallest absolute Gasteiger partial charge is 0.244 e. The molecule has 0 aliphatic carbocycles. The van der Waals surface area contributed by atoms with Crippen LogP contribution in [0.5, 0.6) is 11.5 Å². The number of ether oxygens (including phenoxy) is 2. The summed E-state index contributed by atoms with van der Waals surface area (Å²) in [7, 11) is 0. The minimum Gasteiger partial charge on any atom is -0.492 e. The molecule has 0 bridgehead atoms. The van der Waals surface area contributed by atoms with Gasteiger partial charge in [-0.25, -0.2) is 4.98 Å². The zero-order valence-electron chi connectivity index (χ0n) is 16.9. The molecule has 6 nitrogen and oxygen atoms in total. The highest BCUT2D eigenvalue weighted by Gasteiger charge is 2.23. The number of carbonyl (C=O) groups is 1. The van der Waals surface area contributed by atoms with E-state index in [2.05, 4.69) is 10.3 Å². The summed E-state index contributed by atoms with van der Waals surface area (Å²) in [4.78, 5) is 17.6. The van der Waals surface area contributed by atoms with Crippen molar-refractivity contribution in [3.63, 3.8) is 0 Å². The highest BCUT2D eigenvalue weighted by molar-refractivity contribution is 7.97. The second-order valence-electron chi connectivity index (χ2n) is 7.11. The summed E-state index contributed by atoms with van der Waals surface area (Å²) in [6, 6.07) is 11.7. The Bertz CT molecular complexity index is 1050. The summed E-state index contributed by atoms with van der Waals surface area (Å²) in [6.45, 7) is 4.69. The zero-order valence-corrected chi connectivity index (χ0v) is 17.7. The van der Waals surface area contributed by atoms with Crippen LogP contribution in [0, 0.1) is 0 Å². The number of nitrogens with zero attached hydrogens (tertiary/aromatic N) is 2. The Morgan fingerprint density at radius 1 is 1.38 bits per heavy atom. The van der Waals surface area contributed by atoms with E-state index in [1.807, 2.05) is 61.1 Å². The average Bonchev–Trinajstić information content (AvgIpc) is 3.22. The van der Waals surface area contributed by atoms with Gasteiger partial charge in [0.15, 0.2) is 0 Å². The van der Waals surface area contributed by atoms with Crippen LogP contribution in [0.15, 0.2) is 36.4 Å². The lowest BCUT2D eigenvalue weighted by Crippen LogP contribution is -2.20. The number of fused-ring (bicyclic) bond motifs is 2. The van der Waals surface area contributed by atoms with E-state index in [0.29, 0.717) is 18.0 Å². The predicted octanol–water partition coefficient (Wildman–Crippen LogP) is 4.26. The Balaban J connectivity index is 1.60. The van der Waals surface area contributed by atoms with Crippen LogP contribution in [-0.2, 0) is 23.5 Å². The van der Waals surface area contributed by atoms with E-state index in [-0.39, 0.29) is 18.6 Å². The molecular weight excluding hydrogens is 386 g/mol. The first-order chi connectivity index (χ1) is 14.1. The number of hydrogen-bond donors (Lipinski definition) is 1. The van der Waals surface area contributed by atoms with Gasteiger partial charge in [-0.3, -0.25) is 4.79 Å². The first-order valence-corrected chi connectivity index (χ1v) is 11.2. The summed E-state index contributed by atoms with van der Waals surface area (Å²) in [5.41, 5.74) is 3.62. The summed E-state index contributed by atoms with van der Waals surface area (Å²) >= 11 is 1.69. The molecule has 7 heteroatoms. The third-order valence-corrected chi connectivity index (χ3v) is 5.43. The van der Waals surface area contributed by atoms with Crippen LogP contribution in [0.2, 0.25) is 0 Å². The van der Waals surface area contributed by atoms with Crippen molar-refractivity contribution in [2.24, 2.45) is 0 Å². The maximum Gasteiger partial charge on any atom is 0.244 e. The zero-order chi connectivity index (χ0) is 20.4. The van der Waals surface area contributed by atoms with Gasteiger partial charge in [0.05, 0.1) is 29.1 Å². The number of anilines is 1. The molecule has 1 aliphatic rings. The van der Waals surface area contributed by atoms with Crippen LogP contribution >= 0.6 is 11.8 Å². The highest BCUT2D eigenvalue weighted by atomic mass is 32.2. The summed E-state index contributed by atoms with van der Waals surface area (Å²) in [6.07, 6.45) is 3.02. The van der Waals surface area contributed by atoms with Crippen molar-refractivity contribution >= 4 is 34.4 Å². The van der Waals surface area contributed by atoms with Crippen molar-refractivity contribution in [1.82, 2.24) is 9.55 Å². The maximum atomic E-state index is 12.9. The third-order valence-electron chi connectivity index (χ3n) is 4.88. The maximum absolute atomic E-state index is 12.9. The second-order valence-corrected chi connectivity index (χ2v) is 7.97. The molecule has 0 saturated carbocycles. The Kier molecular flexibility index (Phi) is 5.67. The fourth-order valence-corrected chi connectivity index (χ4v) is 4.17. The fraction of sp³-hybridized carbons (Fsp3) is 0.364. The fourth-order valence-electron chi connectivity index (χ4n) is 3.69. The molecule has 3 aromatic rings. The van der Waals surface area contributed by atoms with Crippen LogP contribution < -0.4 is 14.8 Å². The van der Waals surface area contributed by atoms with E-state index in [1.165, 1.54) is 0 Å². The van der Waals surface area contributed by atoms with Crippen LogP contribution in [0.4, 0.5) is 5.69 Å². The van der Waals surface area contributed by atoms with Crippen molar-refractivity contribution < 1.29 is 14.3 Å². The molecule has 2 aromatic carbocycles. The van der Waals surface area contributed by atoms with Gasteiger partial charge in [0.1, 0.15) is 30.0 Å². The lowest BCUT2D eigenvalue weighted by molar-refractivity contribution is -0.116. The van der Waals surface area contributed by atoms with Gasteiger partial charge >= 0.3 is 0 Å². The number of imidazole rings is 1. The van der Waals surface area contributed by atoms with Crippen LogP contribution in [0.25, 0.3) is 11.0 Å². The van der Waals surface area contributed by atoms with E-state index in [1.54, 1.807) is 11.8 Å². The molecule has 29 heavy (non-hydrogen) atoms. The van der Waals surface area contributed by atoms with Crippen LogP contribution in [0.1, 0.15) is 25.2 Å². The molecule has 0 fully saturated rings. The van der Waals surface area contributed by atoms with Gasteiger partial charge < -0.3 is 19.4 Å². The third kappa shape index (κ3) is 4.05. The lowest BCUT2D eigenvalue weighted by atomic mass is 10.1. The van der Waals surface area contributed by atoms with E-state index in [0.717, 1.165) is 40.3 Å². The number of carbonyl (C=O) groups excluding carboxylic acids is 1. The molecule has 152 valence electrons. The minimum atomic E-state index is -0.123. The standard InChI is InChI=1S/C22H25N3O3S/c1-4-27-20-10-15-9-14(2)28-19(15)11-17(20)24-22(26)12-25-18-8-6-5-7-16(18)23-21(25)13-29-3/h5-8,10-11,14H,4,9,12-13H2,1-3H3,(H,24,26). The van der Waals surface area contributed by atoms with Crippen molar-refractivity contribution in [1.29, 1.82) is 0 Å². The Labute approximate surface area is 174 Å². The molecule has 1 unspecified atom stereocenters. The number of nitrogens with one attached hydrogen (secondary N) is 1. The average molecular weight is 412 g/mol. The first-order valence-electron chi connectivity index (χ1n) is 9.78. The number of benzene rings is 2. The van der Waals surface area contributed by atoms with Gasteiger partial charge in [0, 0.05) is 18.1 Å². The van der Waals surface area contributed by atoms with Crippen molar-refractivity contribution in [2.45, 2.75) is 38.7 Å². The van der Waals surface area contributed by atoms with Gasteiger partial charge in [-0.1, -0.05) is 12.1 Å². The normalized spacial score (nSPS) is 15.2. The quantitative estimate of drug-likeness (QED) is 0.629. The summed E-state index contributed by atoms with van der Waals surface area (Å²) in [5, 5.41) is 3.01. The Morgan fingerprint density at radius 2 is 2.21 bits per heavy atom. The number of para-hydroxylation sites is 2. The molecule has 1 N–H and O–H groups in total. The number of aromatic nitrogens is 2.